The number of nitrogens with zero attached hydrogens (tertiary/aromatic N) is 1. The summed E-state index contributed by atoms with van der Waals surface area (Å²) in [4.78, 5) is 12.7. The van der Waals surface area contributed by atoms with Crippen molar-refractivity contribution in [3.63, 3.8) is 0 Å². The van der Waals surface area contributed by atoms with Crippen LogP contribution in [0.1, 0.15) is 0 Å². The third-order valence-corrected chi connectivity index (χ3v) is 1.99. The predicted octanol–water partition coefficient (Wildman–Crippen LogP) is -0.590. The Kier molecular flexibility index (Phi) is 1.27. The molecule has 4 nitrogen and oxygen atoms in total. The number of hydrogen-bond acceptors (Lipinski definition) is 3. The molecule has 0 spiro atoms. The fourth-order valence-electron chi connectivity index (χ4n) is 1.23. The third kappa shape index (κ3) is 0.759. The van der Waals surface area contributed by atoms with Crippen LogP contribution < -0.4 is 5.32 Å². The number of amides is 1. The first-order chi connectivity index (χ1) is 4.88. The van der Waals surface area contributed by atoms with E-state index in [1.165, 1.54) is 0 Å². The molecule has 1 amide bonds. The molecule has 0 bridgehead atoms. The van der Waals surface area contributed by atoms with Crippen molar-refractivity contribution in [3.8, 4) is 0 Å². The first kappa shape index (κ1) is 5.97. The number of cyclic esters (lactones) is 1. The quantitative estimate of drug-likeness (QED) is 0.532. The molecule has 4 heteroatoms. The van der Waals surface area contributed by atoms with Crippen molar-refractivity contribution >= 4 is 6.09 Å². The minimum atomic E-state index is -0.147. The van der Waals surface area contributed by atoms with E-state index in [9.17, 15) is 4.79 Å². The van der Waals surface area contributed by atoms with Crippen molar-refractivity contribution in [2.75, 3.05) is 26.2 Å². The van der Waals surface area contributed by atoms with Gasteiger partial charge < -0.3 is 10.1 Å². The molecular weight excluding hydrogens is 132 g/mol. The number of carbonyl (C=O) groups excluding carboxylic acids is 1. The average Bonchev–Trinajstić information content (AvgIpc) is 2.12. The van der Waals surface area contributed by atoms with Crippen LogP contribution in [0.2, 0.25) is 0 Å². The van der Waals surface area contributed by atoms with Gasteiger partial charge >= 0.3 is 6.09 Å². The zero-order valence-corrected chi connectivity index (χ0v) is 5.67. The van der Waals surface area contributed by atoms with E-state index >= 15 is 0 Å². The standard InChI is InChI=1S/C6H10N2O2/c9-6-8(1-2-10-6)5-3-7-4-5/h5,7H,1-4H2. The highest BCUT2D eigenvalue weighted by Gasteiger charge is 2.32. The molecule has 2 saturated heterocycles. The molecule has 2 aliphatic heterocycles. The molecule has 0 unspecified atom stereocenters. The van der Waals surface area contributed by atoms with Crippen LogP contribution in [0.5, 0.6) is 0 Å². The minimum Gasteiger partial charge on any atom is -0.448 e. The summed E-state index contributed by atoms with van der Waals surface area (Å²) in [5, 5.41) is 3.11. The van der Waals surface area contributed by atoms with E-state index in [2.05, 4.69) is 5.32 Å². The SMILES string of the molecule is O=C1OCCN1C1CNC1. The van der Waals surface area contributed by atoms with Gasteiger partial charge in [0.05, 0.1) is 12.6 Å². The highest BCUT2D eigenvalue weighted by atomic mass is 16.6. The van der Waals surface area contributed by atoms with Crippen LogP contribution in [0.3, 0.4) is 0 Å². The second-order valence-electron chi connectivity index (χ2n) is 2.62. The van der Waals surface area contributed by atoms with Gasteiger partial charge in [-0.3, -0.25) is 4.90 Å². The molecular formula is C6H10N2O2. The number of rotatable bonds is 1. The molecule has 1 N–H and O–H groups in total. The Bertz CT molecular complexity index is 156. The summed E-state index contributed by atoms with van der Waals surface area (Å²) in [6.07, 6.45) is -0.147. The highest BCUT2D eigenvalue weighted by molar-refractivity contribution is 5.70. The highest BCUT2D eigenvalue weighted by Crippen LogP contribution is 2.11. The van der Waals surface area contributed by atoms with Gasteiger partial charge in [0.2, 0.25) is 0 Å². The van der Waals surface area contributed by atoms with Gasteiger partial charge in [-0.2, -0.15) is 0 Å². The lowest BCUT2D eigenvalue weighted by Gasteiger charge is -2.33. The van der Waals surface area contributed by atoms with Gasteiger partial charge in [-0.15, -0.1) is 0 Å². The van der Waals surface area contributed by atoms with Crippen LogP contribution in [0, 0.1) is 0 Å². The summed E-state index contributed by atoms with van der Waals surface area (Å²) >= 11 is 0. The van der Waals surface area contributed by atoms with Gasteiger partial charge in [-0.05, 0) is 0 Å². The first-order valence-corrected chi connectivity index (χ1v) is 3.52. The molecule has 2 rings (SSSR count). The Balaban J connectivity index is 1.96. The third-order valence-electron chi connectivity index (χ3n) is 1.99. The summed E-state index contributed by atoms with van der Waals surface area (Å²) in [5.41, 5.74) is 0. The zero-order chi connectivity index (χ0) is 6.97. The van der Waals surface area contributed by atoms with Crippen molar-refractivity contribution < 1.29 is 9.53 Å². The average molecular weight is 142 g/mol. The topological polar surface area (TPSA) is 41.6 Å². The van der Waals surface area contributed by atoms with Gasteiger partial charge in [0.1, 0.15) is 6.61 Å². The molecule has 2 fully saturated rings. The maximum Gasteiger partial charge on any atom is 0.410 e. The second kappa shape index (κ2) is 2.12. The van der Waals surface area contributed by atoms with Gasteiger partial charge in [-0.25, -0.2) is 4.79 Å². The molecule has 0 atom stereocenters. The Morgan fingerprint density at radius 1 is 1.60 bits per heavy atom. The summed E-state index contributed by atoms with van der Waals surface area (Å²) < 4.78 is 4.78. The molecule has 2 heterocycles. The van der Waals surface area contributed by atoms with E-state index in [-0.39, 0.29) is 6.09 Å². The van der Waals surface area contributed by atoms with Gasteiger partial charge in [0, 0.05) is 13.1 Å². The van der Waals surface area contributed by atoms with E-state index in [1.54, 1.807) is 4.90 Å². The van der Waals surface area contributed by atoms with E-state index in [0.29, 0.717) is 12.6 Å². The number of ether oxygens (including phenoxy) is 1. The minimum absolute atomic E-state index is 0.147. The fraction of sp³-hybridized carbons (Fsp3) is 0.833. The van der Waals surface area contributed by atoms with Crippen molar-refractivity contribution in [3.05, 3.63) is 0 Å². The normalized spacial score (nSPS) is 26.4. The molecule has 0 aromatic heterocycles. The molecule has 0 saturated carbocycles. The van der Waals surface area contributed by atoms with Gasteiger partial charge in [0.15, 0.2) is 0 Å². The molecule has 0 radical (unpaired) electrons. The Morgan fingerprint density at radius 2 is 2.40 bits per heavy atom. The van der Waals surface area contributed by atoms with Gasteiger partial charge in [-0.1, -0.05) is 0 Å². The lowest BCUT2D eigenvalue weighted by molar-refractivity contribution is 0.135. The van der Waals surface area contributed by atoms with Crippen molar-refractivity contribution in [2.24, 2.45) is 0 Å². The summed E-state index contributed by atoms with van der Waals surface area (Å²) in [6, 6.07) is 0.398. The van der Waals surface area contributed by atoms with Crippen LogP contribution in [-0.4, -0.2) is 43.3 Å². The van der Waals surface area contributed by atoms with Crippen molar-refractivity contribution in [2.45, 2.75) is 6.04 Å². The number of nitrogens with one attached hydrogen (secondary N) is 1. The van der Waals surface area contributed by atoms with Crippen molar-refractivity contribution in [1.82, 2.24) is 10.2 Å². The van der Waals surface area contributed by atoms with Crippen LogP contribution in [0.4, 0.5) is 4.79 Å². The summed E-state index contributed by atoms with van der Waals surface area (Å²) in [7, 11) is 0. The van der Waals surface area contributed by atoms with E-state index in [4.69, 9.17) is 4.74 Å². The molecule has 56 valence electrons. The van der Waals surface area contributed by atoms with Crippen molar-refractivity contribution in [1.29, 1.82) is 0 Å². The zero-order valence-electron chi connectivity index (χ0n) is 5.67. The Hall–Kier alpha value is -0.770. The maximum absolute atomic E-state index is 10.9. The largest absolute Gasteiger partial charge is 0.448 e. The van der Waals surface area contributed by atoms with Crippen LogP contribution in [-0.2, 0) is 4.74 Å². The lowest BCUT2D eigenvalue weighted by Crippen LogP contribution is -2.57. The molecule has 0 aliphatic carbocycles. The smallest absolute Gasteiger partial charge is 0.410 e. The monoisotopic (exact) mass is 142 g/mol. The first-order valence-electron chi connectivity index (χ1n) is 3.52. The summed E-state index contributed by atoms with van der Waals surface area (Å²) in [5.74, 6) is 0. The number of carbonyl (C=O) groups is 1. The summed E-state index contributed by atoms with van der Waals surface area (Å²) in [6.45, 7) is 3.19. The second-order valence-corrected chi connectivity index (χ2v) is 2.62. The Labute approximate surface area is 59.1 Å². The molecule has 2 aliphatic rings. The predicted molar refractivity (Wildman–Crippen MR) is 34.7 cm³/mol. The number of hydrogen-bond donors (Lipinski definition) is 1. The molecule has 0 aromatic carbocycles. The van der Waals surface area contributed by atoms with E-state index < -0.39 is 0 Å². The Morgan fingerprint density at radius 3 is 2.80 bits per heavy atom. The van der Waals surface area contributed by atoms with Crippen LogP contribution in [0.15, 0.2) is 0 Å². The van der Waals surface area contributed by atoms with E-state index in [1.807, 2.05) is 0 Å². The fourth-order valence-corrected chi connectivity index (χ4v) is 1.23. The molecule has 10 heavy (non-hydrogen) atoms. The maximum atomic E-state index is 10.9. The lowest BCUT2D eigenvalue weighted by atomic mass is 10.1. The van der Waals surface area contributed by atoms with Crippen LogP contribution >= 0.6 is 0 Å². The van der Waals surface area contributed by atoms with E-state index in [0.717, 1.165) is 19.6 Å². The van der Waals surface area contributed by atoms with Gasteiger partial charge in [0.25, 0.3) is 0 Å². The van der Waals surface area contributed by atoms with Crippen LogP contribution in [0.25, 0.3) is 0 Å². The molecule has 0 aromatic rings.